The molecule has 1 aliphatic heterocycles. The van der Waals surface area contributed by atoms with Crippen molar-refractivity contribution in [3.05, 3.63) is 59.6 Å². The maximum Gasteiger partial charge on any atom is 0.335 e. The highest BCUT2D eigenvalue weighted by Gasteiger charge is 2.32. The number of para-hydroxylation sites is 1. The molecule has 0 fully saturated rings. The molecule has 6 nitrogen and oxygen atoms in total. The van der Waals surface area contributed by atoms with E-state index in [0.717, 1.165) is 10.9 Å². The lowest BCUT2D eigenvalue weighted by Crippen LogP contribution is -2.26. The molecular weight excluding hydrogens is 330 g/mol. The summed E-state index contributed by atoms with van der Waals surface area (Å²) in [4.78, 5) is 26.7. The molecule has 1 aromatic heterocycles. The van der Waals surface area contributed by atoms with Crippen molar-refractivity contribution in [2.45, 2.75) is 6.42 Å². The SMILES string of the molecule is COC(=O)C1=CN(C)C=C(C#N)C1CC(=O)c1cc2ccccc2n1C. The summed E-state index contributed by atoms with van der Waals surface area (Å²) in [6.45, 7) is 0. The molecule has 3 rings (SSSR count). The van der Waals surface area contributed by atoms with Crippen LogP contribution in [0.15, 0.2) is 53.9 Å². The molecule has 0 saturated carbocycles. The van der Waals surface area contributed by atoms with Gasteiger partial charge in [0.2, 0.25) is 0 Å². The lowest BCUT2D eigenvalue weighted by atomic mass is 9.85. The number of benzene rings is 1. The number of carbonyl (C=O) groups excluding carboxylic acids is 2. The molecule has 0 N–H and O–H groups in total. The second-order valence-electron chi connectivity index (χ2n) is 6.27. The second kappa shape index (κ2) is 6.89. The molecule has 0 bridgehead atoms. The van der Waals surface area contributed by atoms with Gasteiger partial charge in [-0.15, -0.1) is 0 Å². The van der Waals surface area contributed by atoms with Gasteiger partial charge in [-0.25, -0.2) is 4.79 Å². The maximum atomic E-state index is 13.0. The zero-order chi connectivity index (χ0) is 18.8. The molecule has 1 atom stereocenters. The number of esters is 1. The number of aryl methyl sites for hydroxylation is 1. The van der Waals surface area contributed by atoms with Gasteiger partial charge in [-0.2, -0.15) is 5.26 Å². The number of fused-ring (bicyclic) bond motifs is 1. The van der Waals surface area contributed by atoms with Gasteiger partial charge in [-0.05, 0) is 12.1 Å². The van der Waals surface area contributed by atoms with Crippen molar-refractivity contribution in [2.24, 2.45) is 13.0 Å². The number of nitrogens with zero attached hydrogens (tertiary/aromatic N) is 3. The number of ketones is 1. The summed E-state index contributed by atoms with van der Waals surface area (Å²) < 4.78 is 6.67. The van der Waals surface area contributed by atoms with Gasteiger partial charge in [0.15, 0.2) is 5.78 Å². The van der Waals surface area contributed by atoms with Crippen LogP contribution in [0.4, 0.5) is 0 Å². The minimum atomic E-state index is -0.617. The highest BCUT2D eigenvalue weighted by Crippen LogP contribution is 2.31. The molecule has 0 saturated heterocycles. The van der Waals surface area contributed by atoms with E-state index in [0.29, 0.717) is 16.8 Å². The third kappa shape index (κ3) is 3.00. The number of hydrogen-bond donors (Lipinski definition) is 0. The zero-order valence-corrected chi connectivity index (χ0v) is 14.9. The Morgan fingerprint density at radius 1 is 1.23 bits per heavy atom. The van der Waals surface area contributed by atoms with Crippen LogP contribution in [0.5, 0.6) is 0 Å². The van der Waals surface area contributed by atoms with Crippen molar-refractivity contribution in [1.29, 1.82) is 5.26 Å². The van der Waals surface area contributed by atoms with E-state index in [1.165, 1.54) is 7.11 Å². The molecule has 0 radical (unpaired) electrons. The smallest absolute Gasteiger partial charge is 0.335 e. The summed E-state index contributed by atoms with van der Waals surface area (Å²) in [5.74, 6) is -1.28. The number of aromatic nitrogens is 1. The molecule has 132 valence electrons. The minimum Gasteiger partial charge on any atom is -0.466 e. The molecule has 0 amide bonds. The fourth-order valence-electron chi connectivity index (χ4n) is 3.31. The van der Waals surface area contributed by atoms with Gasteiger partial charge >= 0.3 is 5.97 Å². The zero-order valence-electron chi connectivity index (χ0n) is 14.9. The first-order chi connectivity index (χ1) is 12.5. The fourth-order valence-corrected chi connectivity index (χ4v) is 3.31. The van der Waals surface area contributed by atoms with E-state index in [1.807, 2.05) is 41.9 Å². The summed E-state index contributed by atoms with van der Waals surface area (Å²) in [7, 11) is 4.85. The Labute approximate surface area is 151 Å². The average molecular weight is 349 g/mol. The predicted octanol–water partition coefficient (Wildman–Crippen LogP) is 2.78. The Balaban J connectivity index is 1.96. The summed E-state index contributed by atoms with van der Waals surface area (Å²) in [5.41, 5.74) is 2.18. The number of allylic oxidation sites excluding steroid dienone is 1. The first kappa shape index (κ1) is 17.5. The number of methoxy groups -OCH3 is 1. The van der Waals surface area contributed by atoms with E-state index in [1.54, 1.807) is 24.3 Å². The van der Waals surface area contributed by atoms with Crippen LogP contribution in [-0.2, 0) is 16.6 Å². The molecule has 1 unspecified atom stereocenters. The number of rotatable bonds is 4. The van der Waals surface area contributed by atoms with Crippen molar-refractivity contribution >= 4 is 22.7 Å². The van der Waals surface area contributed by atoms with Gasteiger partial charge in [0.05, 0.1) is 30.0 Å². The van der Waals surface area contributed by atoms with Crippen LogP contribution in [0.25, 0.3) is 10.9 Å². The van der Waals surface area contributed by atoms with Gasteiger partial charge in [0.25, 0.3) is 0 Å². The van der Waals surface area contributed by atoms with Crippen molar-refractivity contribution in [3.8, 4) is 6.07 Å². The first-order valence-corrected chi connectivity index (χ1v) is 8.17. The molecule has 1 aliphatic rings. The maximum absolute atomic E-state index is 13.0. The quantitative estimate of drug-likeness (QED) is 0.627. The summed E-state index contributed by atoms with van der Waals surface area (Å²) in [6, 6.07) is 11.7. The van der Waals surface area contributed by atoms with Crippen molar-refractivity contribution in [3.63, 3.8) is 0 Å². The monoisotopic (exact) mass is 349 g/mol. The molecule has 0 aliphatic carbocycles. The van der Waals surface area contributed by atoms with Gasteiger partial charge in [0.1, 0.15) is 0 Å². The molecule has 2 aromatic rings. The molecule has 1 aromatic carbocycles. The molecule has 6 heteroatoms. The van der Waals surface area contributed by atoms with E-state index in [4.69, 9.17) is 4.74 Å². The Kier molecular flexibility index (Phi) is 4.63. The third-order valence-electron chi connectivity index (χ3n) is 4.61. The Morgan fingerprint density at radius 3 is 2.62 bits per heavy atom. The number of carbonyl (C=O) groups is 2. The van der Waals surface area contributed by atoms with Crippen LogP contribution < -0.4 is 0 Å². The van der Waals surface area contributed by atoms with E-state index >= 15 is 0 Å². The third-order valence-corrected chi connectivity index (χ3v) is 4.61. The van der Waals surface area contributed by atoms with Gasteiger partial charge in [0, 0.05) is 49.7 Å². The minimum absolute atomic E-state index is 0.0261. The fraction of sp³-hybridized carbons (Fsp3) is 0.250. The van der Waals surface area contributed by atoms with Crippen LogP contribution in [0, 0.1) is 17.2 Å². The highest BCUT2D eigenvalue weighted by atomic mass is 16.5. The standard InChI is InChI=1S/C20H19N3O3/c1-22-11-14(10-21)15(16(12-22)20(25)26-3)9-19(24)18-8-13-6-4-5-7-17(13)23(18)2/h4-8,11-12,15H,9H2,1-3H3. The number of ether oxygens (including phenoxy) is 1. The van der Waals surface area contributed by atoms with Crippen LogP contribution >= 0.6 is 0 Å². The van der Waals surface area contributed by atoms with Crippen molar-refractivity contribution in [2.75, 3.05) is 14.2 Å². The van der Waals surface area contributed by atoms with Crippen LogP contribution in [-0.4, -0.2) is 35.4 Å². The lowest BCUT2D eigenvalue weighted by Gasteiger charge is -2.25. The first-order valence-electron chi connectivity index (χ1n) is 8.17. The summed E-state index contributed by atoms with van der Waals surface area (Å²) >= 11 is 0. The van der Waals surface area contributed by atoms with Crippen LogP contribution in [0.2, 0.25) is 0 Å². The Hall–Kier alpha value is -3.33. The van der Waals surface area contributed by atoms with Crippen molar-refractivity contribution < 1.29 is 14.3 Å². The largest absolute Gasteiger partial charge is 0.466 e. The molecule has 0 spiro atoms. The topological polar surface area (TPSA) is 75.3 Å². The normalized spacial score (nSPS) is 16.7. The van der Waals surface area contributed by atoms with Crippen LogP contribution in [0.3, 0.4) is 0 Å². The van der Waals surface area contributed by atoms with E-state index in [9.17, 15) is 14.9 Å². The Morgan fingerprint density at radius 2 is 1.96 bits per heavy atom. The molecule has 2 heterocycles. The van der Waals surface area contributed by atoms with Crippen molar-refractivity contribution in [1.82, 2.24) is 9.47 Å². The van der Waals surface area contributed by atoms with E-state index < -0.39 is 11.9 Å². The molecule has 26 heavy (non-hydrogen) atoms. The van der Waals surface area contributed by atoms with E-state index in [-0.39, 0.29) is 12.2 Å². The number of hydrogen-bond acceptors (Lipinski definition) is 5. The summed E-state index contributed by atoms with van der Waals surface area (Å²) in [5, 5.41) is 10.4. The van der Waals surface area contributed by atoms with Gasteiger partial charge in [-0.1, -0.05) is 18.2 Å². The van der Waals surface area contributed by atoms with E-state index in [2.05, 4.69) is 6.07 Å². The van der Waals surface area contributed by atoms with Gasteiger partial charge in [-0.3, -0.25) is 4.79 Å². The number of Topliss-reactive ketones (excluding diaryl/α,β-unsaturated/α-hetero) is 1. The summed E-state index contributed by atoms with van der Waals surface area (Å²) in [6.07, 6.45) is 3.26. The Bertz CT molecular complexity index is 991. The molecular formula is C20H19N3O3. The lowest BCUT2D eigenvalue weighted by molar-refractivity contribution is -0.136. The van der Waals surface area contributed by atoms with Gasteiger partial charge < -0.3 is 14.2 Å². The highest BCUT2D eigenvalue weighted by molar-refractivity contribution is 6.01. The predicted molar refractivity (Wildman–Crippen MR) is 96.9 cm³/mol. The average Bonchev–Trinajstić information content (AvgIpc) is 2.99. The van der Waals surface area contributed by atoms with Crippen LogP contribution in [0.1, 0.15) is 16.9 Å². The second-order valence-corrected chi connectivity index (χ2v) is 6.27. The number of nitriles is 1.